The Labute approximate surface area is 243 Å². The van der Waals surface area contributed by atoms with Gasteiger partial charge in [-0.25, -0.2) is 0 Å². The molecule has 8 heteroatoms. The molecule has 2 heterocycles. The topological polar surface area (TPSA) is 97.5 Å². The number of para-hydroxylation sites is 1. The smallest absolute Gasteiger partial charge is 0.269 e. The minimum absolute atomic E-state index is 0.239. The van der Waals surface area contributed by atoms with Crippen LogP contribution in [0.5, 0.6) is 0 Å². The van der Waals surface area contributed by atoms with E-state index in [0.717, 1.165) is 44.5 Å². The lowest BCUT2D eigenvalue weighted by Gasteiger charge is -2.26. The second-order valence-corrected chi connectivity index (χ2v) is 10.7. The molecule has 8 nitrogen and oxygen atoms in total. The predicted octanol–water partition coefficient (Wildman–Crippen LogP) is 5.22. The van der Waals surface area contributed by atoms with Crippen LogP contribution in [0.15, 0.2) is 97.1 Å². The summed E-state index contributed by atoms with van der Waals surface area (Å²) in [6.07, 6.45) is 0. The molecule has 42 heavy (non-hydrogen) atoms. The van der Waals surface area contributed by atoms with E-state index in [1.165, 1.54) is 0 Å². The van der Waals surface area contributed by atoms with E-state index in [2.05, 4.69) is 40.1 Å². The van der Waals surface area contributed by atoms with E-state index in [0.29, 0.717) is 11.1 Å². The van der Waals surface area contributed by atoms with Crippen LogP contribution < -0.4 is 15.8 Å². The number of aromatic nitrogens is 1. The van der Waals surface area contributed by atoms with E-state index in [-0.39, 0.29) is 12.5 Å². The highest BCUT2D eigenvalue weighted by Gasteiger charge is 2.41. The summed E-state index contributed by atoms with van der Waals surface area (Å²) >= 11 is 0. The molecule has 0 bridgehead atoms. The second-order valence-electron chi connectivity index (χ2n) is 10.7. The molecule has 1 aromatic heterocycles. The molecule has 1 atom stereocenters. The Bertz CT molecular complexity index is 1810. The molecule has 1 aliphatic heterocycles. The van der Waals surface area contributed by atoms with Crippen molar-refractivity contribution in [2.75, 3.05) is 25.5 Å². The molecule has 6 rings (SSSR count). The third-order valence-corrected chi connectivity index (χ3v) is 7.69. The van der Waals surface area contributed by atoms with E-state index in [4.69, 9.17) is 0 Å². The van der Waals surface area contributed by atoms with Gasteiger partial charge >= 0.3 is 0 Å². The van der Waals surface area contributed by atoms with Crippen LogP contribution in [0.3, 0.4) is 0 Å². The molecule has 1 unspecified atom stereocenters. The number of anilines is 1. The number of nitrogens with one attached hydrogen (secondary N) is 3. The number of aryl methyl sites for hydroxylation is 1. The average molecular weight is 558 g/mol. The monoisotopic (exact) mass is 557 g/mol. The molecule has 3 N–H and O–H groups in total. The molecule has 0 saturated heterocycles. The number of H-pyrrole nitrogens is 1. The number of carbonyl (C=O) groups is 3. The molecule has 0 aliphatic carbocycles. The van der Waals surface area contributed by atoms with Gasteiger partial charge in [0.1, 0.15) is 6.54 Å². The van der Waals surface area contributed by atoms with Gasteiger partial charge in [0, 0.05) is 47.4 Å². The van der Waals surface area contributed by atoms with Crippen molar-refractivity contribution in [2.24, 2.45) is 0 Å². The first-order chi connectivity index (χ1) is 20.3. The molecule has 210 valence electrons. The normalized spacial score (nSPS) is 14.1. The zero-order valence-corrected chi connectivity index (χ0v) is 23.6. The van der Waals surface area contributed by atoms with Crippen LogP contribution in [-0.2, 0) is 4.79 Å². The Kier molecular flexibility index (Phi) is 6.96. The zero-order chi connectivity index (χ0) is 29.4. The van der Waals surface area contributed by atoms with E-state index >= 15 is 0 Å². The van der Waals surface area contributed by atoms with Crippen LogP contribution in [0.25, 0.3) is 22.2 Å². The summed E-state index contributed by atoms with van der Waals surface area (Å²) in [6.45, 7) is 1.80. The van der Waals surface area contributed by atoms with E-state index in [9.17, 15) is 14.4 Å². The number of fused-ring (bicyclic) bond motifs is 2. The number of hydrogen-bond acceptors (Lipinski definition) is 4. The third kappa shape index (κ3) is 4.88. The van der Waals surface area contributed by atoms with Crippen molar-refractivity contribution in [3.05, 3.63) is 125 Å². The molecular formula is C34H31N5O3. The molecule has 0 saturated carbocycles. The summed E-state index contributed by atoms with van der Waals surface area (Å²) in [5, 5.41) is 0.975. The molecule has 0 spiro atoms. The number of aromatic amines is 1. The van der Waals surface area contributed by atoms with Crippen molar-refractivity contribution in [2.45, 2.75) is 13.0 Å². The number of carbonyl (C=O) groups excluding carboxylic acids is 3. The fourth-order valence-corrected chi connectivity index (χ4v) is 5.54. The van der Waals surface area contributed by atoms with Gasteiger partial charge in [0.15, 0.2) is 0 Å². The van der Waals surface area contributed by atoms with Crippen LogP contribution in [0.2, 0.25) is 0 Å². The summed E-state index contributed by atoms with van der Waals surface area (Å²) in [4.78, 5) is 46.8. The standard InChI is InChI=1S/C34H31N5O3/c1-21-12-14-22(15-13-21)31-30(27-10-6-7-11-28(27)35-31)32-25-8-4-5-9-26(25)34(42)39(32)20-29(40)36-37-33(41)23-16-18-24(19-17-23)38(2)3/h4-19,32,35H,20H2,1-3H3,(H,36,40)(H,37,41). The molecule has 1 aliphatic rings. The number of hydrazine groups is 1. The lowest BCUT2D eigenvalue weighted by atomic mass is 9.93. The predicted molar refractivity (Wildman–Crippen MR) is 164 cm³/mol. The van der Waals surface area contributed by atoms with Crippen LogP contribution in [0.4, 0.5) is 5.69 Å². The van der Waals surface area contributed by atoms with Crippen LogP contribution in [-0.4, -0.2) is 48.2 Å². The molecular weight excluding hydrogens is 526 g/mol. The Balaban J connectivity index is 1.32. The number of nitrogens with zero attached hydrogens (tertiary/aromatic N) is 2. The summed E-state index contributed by atoms with van der Waals surface area (Å²) in [6, 6.07) is 30.2. The maximum absolute atomic E-state index is 13.8. The van der Waals surface area contributed by atoms with Crippen molar-refractivity contribution < 1.29 is 14.4 Å². The highest BCUT2D eigenvalue weighted by molar-refractivity contribution is 6.04. The highest BCUT2D eigenvalue weighted by atomic mass is 16.2. The number of benzene rings is 4. The Hall–Kier alpha value is -5.37. The fraction of sp³-hybridized carbons (Fsp3) is 0.147. The van der Waals surface area contributed by atoms with Crippen LogP contribution in [0.1, 0.15) is 43.4 Å². The van der Waals surface area contributed by atoms with Crippen molar-refractivity contribution >= 4 is 34.3 Å². The molecule has 0 radical (unpaired) electrons. The van der Waals surface area contributed by atoms with Crippen molar-refractivity contribution in [1.29, 1.82) is 0 Å². The number of amides is 3. The van der Waals surface area contributed by atoms with Crippen LogP contribution in [0, 0.1) is 6.92 Å². The maximum atomic E-state index is 13.8. The first-order valence-corrected chi connectivity index (χ1v) is 13.8. The van der Waals surface area contributed by atoms with Gasteiger partial charge in [0.25, 0.3) is 17.7 Å². The lowest BCUT2D eigenvalue weighted by molar-refractivity contribution is -0.122. The number of rotatable bonds is 6. The average Bonchev–Trinajstić information content (AvgIpc) is 3.51. The van der Waals surface area contributed by atoms with E-state index in [1.54, 1.807) is 23.1 Å². The molecule has 5 aromatic rings. The molecule has 0 fully saturated rings. The maximum Gasteiger partial charge on any atom is 0.269 e. The van der Waals surface area contributed by atoms with Gasteiger partial charge in [0.2, 0.25) is 0 Å². The minimum Gasteiger partial charge on any atom is -0.378 e. The van der Waals surface area contributed by atoms with Gasteiger partial charge in [-0.3, -0.25) is 25.2 Å². The molecule has 4 aromatic carbocycles. The first kappa shape index (κ1) is 26.8. The van der Waals surface area contributed by atoms with Crippen molar-refractivity contribution in [3.8, 4) is 11.3 Å². The lowest BCUT2D eigenvalue weighted by Crippen LogP contribution is -2.47. The van der Waals surface area contributed by atoms with Gasteiger partial charge in [-0.2, -0.15) is 0 Å². The first-order valence-electron chi connectivity index (χ1n) is 13.8. The van der Waals surface area contributed by atoms with E-state index < -0.39 is 17.9 Å². The van der Waals surface area contributed by atoms with Gasteiger partial charge in [-0.15, -0.1) is 0 Å². The van der Waals surface area contributed by atoms with Gasteiger partial charge in [-0.05, 0) is 54.4 Å². The Morgan fingerprint density at radius 1 is 0.857 bits per heavy atom. The Morgan fingerprint density at radius 3 is 2.29 bits per heavy atom. The summed E-state index contributed by atoms with van der Waals surface area (Å²) < 4.78 is 0. The third-order valence-electron chi connectivity index (χ3n) is 7.69. The van der Waals surface area contributed by atoms with Gasteiger partial charge < -0.3 is 14.8 Å². The zero-order valence-electron chi connectivity index (χ0n) is 23.6. The second kappa shape index (κ2) is 10.9. The minimum atomic E-state index is -0.513. The van der Waals surface area contributed by atoms with Gasteiger partial charge in [-0.1, -0.05) is 66.2 Å². The van der Waals surface area contributed by atoms with Crippen LogP contribution >= 0.6 is 0 Å². The molecule has 3 amide bonds. The fourth-order valence-electron chi connectivity index (χ4n) is 5.54. The summed E-state index contributed by atoms with van der Waals surface area (Å²) in [7, 11) is 3.83. The summed E-state index contributed by atoms with van der Waals surface area (Å²) in [5.74, 6) is -1.19. The number of hydrogen-bond donors (Lipinski definition) is 3. The van der Waals surface area contributed by atoms with Crippen molar-refractivity contribution in [1.82, 2.24) is 20.7 Å². The van der Waals surface area contributed by atoms with Gasteiger partial charge in [0.05, 0.1) is 11.7 Å². The van der Waals surface area contributed by atoms with E-state index in [1.807, 2.05) is 80.5 Å². The summed E-state index contributed by atoms with van der Waals surface area (Å²) in [5.41, 5.74) is 12.6. The highest BCUT2D eigenvalue weighted by Crippen LogP contribution is 2.45. The Morgan fingerprint density at radius 2 is 1.55 bits per heavy atom. The quantitative estimate of drug-likeness (QED) is 0.250. The largest absolute Gasteiger partial charge is 0.378 e. The SMILES string of the molecule is Cc1ccc(-c2[nH]c3ccccc3c2C2c3ccccc3C(=O)N2CC(=O)NNC(=O)c2ccc(N(C)C)cc2)cc1. The van der Waals surface area contributed by atoms with Crippen molar-refractivity contribution in [3.63, 3.8) is 0 Å².